The standard InChI is InChI=1S/C34H23F2N/c35-28-20-16-25(17-21-28)32-31(24-10-4-1-5-11-24)34(27-18-22-29(36)23-19-27)37(30-14-8-3-9-15-30)33(32)26-12-6-2-7-13-26/h1-23H. The first-order valence-corrected chi connectivity index (χ1v) is 12.2. The van der Waals surface area contributed by atoms with E-state index in [0.717, 1.165) is 50.5 Å². The zero-order valence-electron chi connectivity index (χ0n) is 20.0. The summed E-state index contributed by atoms with van der Waals surface area (Å²) < 4.78 is 30.4. The fourth-order valence-corrected chi connectivity index (χ4v) is 4.94. The lowest BCUT2D eigenvalue weighted by atomic mass is 9.91. The second-order valence-electron chi connectivity index (χ2n) is 8.86. The number of hydrogen-bond donors (Lipinski definition) is 0. The summed E-state index contributed by atoms with van der Waals surface area (Å²) in [6, 6.07) is 43.8. The smallest absolute Gasteiger partial charge is 0.123 e. The average Bonchev–Trinajstić information content (AvgIpc) is 3.31. The molecule has 3 heteroatoms. The Kier molecular flexibility index (Phi) is 5.95. The van der Waals surface area contributed by atoms with Crippen LogP contribution in [0.25, 0.3) is 50.5 Å². The molecule has 6 rings (SSSR count). The van der Waals surface area contributed by atoms with E-state index >= 15 is 0 Å². The van der Waals surface area contributed by atoms with Crippen LogP contribution in [-0.4, -0.2) is 4.57 Å². The highest BCUT2D eigenvalue weighted by Crippen LogP contribution is 2.49. The molecule has 0 unspecified atom stereocenters. The van der Waals surface area contributed by atoms with Crippen LogP contribution >= 0.6 is 0 Å². The SMILES string of the molecule is Fc1ccc(-c2c(-c3ccccc3)c(-c3ccc(F)cc3)n(-c3ccccc3)c2-c2ccccc2)cc1. The Morgan fingerprint density at radius 1 is 0.351 bits per heavy atom. The largest absolute Gasteiger partial charge is 0.308 e. The van der Waals surface area contributed by atoms with E-state index in [1.54, 1.807) is 0 Å². The fourth-order valence-electron chi connectivity index (χ4n) is 4.94. The van der Waals surface area contributed by atoms with Gasteiger partial charge < -0.3 is 4.57 Å². The molecular weight excluding hydrogens is 460 g/mol. The molecule has 0 radical (unpaired) electrons. The van der Waals surface area contributed by atoms with Crippen molar-refractivity contribution in [1.82, 2.24) is 4.57 Å². The van der Waals surface area contributed by atoms with Gasteiger partial charge in [0.1, 0.15) is 11.6 Å². The Balaban J connectivity index is 1.85. The lowest BCUT2D eigenvalue weighted by Gasteiger charge is -2.16. The Morgan fingerprint density at radius 3 is 1.19 bits per heavy atom. The fraction of sp³-hybridized carbons (Fsp3) is 0. The number of nitrogens with zero attached hydrogens (tertiary/aromatic N) is 1. The molecule has 0 aliphatic rings. The lowest BCUT2D eigenvalue weighted by molar-refractivity contribution is 0.627. The number of rotatable bonds is 5. The third-order valence-corrected chi connectivity index (χ3v) is 6.55. The van der Waals surface area contributed by atoms with Gasteiger partial charge in [0.05, 0.1) is 11.4 Å². The molecule has 178 valence electrons. The normalized spacial score (nSPS) is 11.0. The second kappa shape index (κ2) is 9.71. The Bertz CT molecular complexity index is 1530. The van der Waals surface area contributed by atoms with Crippen molar-refractivity contribution in [2.45, 2.75) is 0 Å². The van der Waals surface area contributed by atoms with E-state index in [1.165, 1.54) is 24.3 Å². The van der Waals surface area contributed by atoms with Crippen molar-refractivity contribution in [1.29, 1.82) is 0 Å². The number of hydrogen-bond acceptors (Lipinski definition) is 0. The van der Waals surface area contributed by atoms with Gasteiger partial charge in [0, 0.05) is 16.8 Å². The summed E-state index contributed by atoms with van der Waals surface area (Å²) in [6.45, 7) is 0. The first-order valence-electron chi connectivity index (χ1n) is 12.2. The minimum Gasteiger partial charge on any atom is -0.308 e. The van der Waals surface area contributed by atoms with Gasteiger partial charge in [-0.25, -0.2) is 8.78 Å². The molecule has 0 fully saturated rings. The zero-order valence-corrected chi connectivity index (χ0v) is 20.0. The van der Waals surface area contributed by atoms with E-state index < -0.39 is 0 Å². The minimum absolute atomic E-state index is 0.285. The van der Waals surface area contributed by atoms with Crippen molar-refractivity contribution < 1.29 is 8.78 Å². The maximum Gasteiger partial charge on any atom is 0.123 e. The summed E-state index contributed by atoms with van der Waals surface area (Å²) in [4.78, 5) is 0. The summed E-state index contributed by atoms with van der Waals surface area (Å²) in [5.41, 5.74) is 8.72. The van der Waals surface area contributed by atoms with Crippen LogP contribution in [-0.2, 0) is 0 Å². The molecule has 0 amide bonds. The topological polar surface area (TPSA) is 4.93 Å². The first-order chi connectivity index (χ1) is 18.2. The molecule has 1 aromatic heterocycles. The zero-order chi connectivity index (χ0) is 25.2. The van der Waals surface area contributed by atoms with Gasteiger partial charge in [-0.1, -0.05) is 91.0 Å². The van der Waals surface area contributed by atoms with Crippen LogP contribution in [0, 0.1) is 11.6 Å². The molecule has 0 spiro atoms. The predicted molar refractivity (Wildman–Crippen MR) is 147 cm³/mol. The lowest BCUT2D eigenvalue weighted by Crippen LogP contribution is -2.00. The summed E-state index contributed by atoms with van der Waals surface area (Å²) in [7, 11) is 0. The number of para-hydroxylation sites is 1. The highest BCUT2D eigenvalue weighted by Gasteiger charge is 2.27. The third kappa shape index (κ3) is 4.25. The molecule has 37 heavy (non-hydrogen) atoms. The van der Waals surface area contributed by atoms with Crippen LogP contribution in [0.5, 0.6) is 0 Å². The van der Waals surface area contributed by atoms with Gasteiger partial charge in [0.2, 0.25) is 0 Å². The van der Waals surface area contributed by atoms with Crippen LogP contribution in [0.1, 0.15) is 0 Å². The van der Waals surface area contributed by atoms with Crippen molar-refractivity contribution in [3.8, 4) is 50.5 Å². The quantitative estimate of drug-likeness (QED) is 0.230. The summed E-state index contributed by atoms with van der Waals surface area (Å²) >= 11 is 0. The number of benzene rings is 5. The predicted octanol–water partition coefficient (Wildman–Crippen LogP) is 9.42. The van der Waals surface area contributed by atoms with E-state index in [4.69, 9.17) is 0 Å². The van der Waals surface area contributed by atoms with Crippen molar-refractivity contribution >= 4 is 0 Å². The molecule has 0 N–H and O–H groups in total. The van der Waals surface area contributed by atoms with Gasteiger partial charge in [-0.3, -0.25) is 0 Å². The molecule has 0 atom stereocenters. The van der Waals surface area contributed by atoms with E-state index in [9.17, 15) is 8.78 Å². The second-order valence-corrected chi connectivity index (χ2v) is 8.86. The van der Waals surface area contributed by atoms with Crippen LogP contribution < -0.4 is 0 Å². The minimum atomic E-state index is -0.287. The van der Waals surface area contributed by atoms with E-state index in [-0.39, 0.29) is 11.6 Å². The molecular formula is C34H23F2N. The molecule has 1 nitrogen and oxygen atoms in total. The van der Waals surface area contributed by atoms with Gasteiger partial charge in [-0.15, -0.1) is 0 Å². The summed E-state index contributed by atoms with van der Waals surface area (Å²) in [6.07, 6.45) is 0. The summed E-state index contributed by atoms with van der Waals surface area (Å²) in [5.74, 6) is -0.572. The molecule has 0 saturated carbocycles. The van der Waals surface area contributed by atoms with Crippen LogP contribution in [0.15, 0.2) is 140 Å². The van der Waals surface area contributed by atoms with Crippen LogP contribution in [0.3, 0.4) is 0 Å². The maximum atomic E-state index is 14.1. The van der Waals surface area contributed by atoms with E-state index in [1.807, 2.05) is 78.9 Å². The van der Waals surface area contributed by atoms with Gasteiger partial charge in [-0.2, -0.15) is 0 Å². The Labute approximate surface area is 214 Å². The van der Waals surface area contributed by atoms with Crippen molar-refractivity contribution in [2.75, 3.05) is 0 Å². The molecule has 5 aromatic carbocycles. The first kappa shape index (κ1) is 22.7. The maximum absolute atomic E-state index is 14.1. The summed E-state index contributed by atoms with van der Waals surface area (Å²) in [5, 5.41) is 0. The molecule has 6 aromatic rings. The monoisotopic (exact) mass is 483 g/mol. The van der Waals surface area contributed by atoms with Crippen molar-refractivity contribution in [3.05, 3.63) is 151 Å². The van der Waals surface area contributed by atoms with E-state index in [2.05, 4.69) is 41.0 Å². The third-order valence-electron chi connectivity index (χ3n) is 6.55. The Morgan fingerprint density at radius 2 is 0.703 bits per heavy atom. The van der Waals surface area contributed by atoms with Gasteiger partial charge in [0.25, 0.3) is 0 Å². The van der Waals surface area contributed by atoms with Crippen molar-refractivity contribution in [2.24, 2.45) is 0 Å². The van der Waals surface area contributed by atoms with Gasteiger partial charge in [-0.05, 0) is 70.8 Å². The Hall–Kier alpha value is -4.76. The highest BCUT2D eigenvalue weighted by atomic mass is 19.1. The molecule has 0 bridgehead atoms. The molecule has 0 saturated heterocycles. The van der Waals surface area contributed by atoms with Crippen LogP contribution in [0.4, 0.5) is 8.78 Å². The average molecular weight is 484 g/mol. The van der Waals surface area contributed by atoms with E-state index in [0.29, 0.717) is 0 Å². The molecule has 0 aliphatic carbocycles. The number of halogens is 2. The highest BCUT2D eigenvalue weighted by molar-refractivity contribution is 6.03. The van der Waals surface area contributed by atoms with Crippen molar-refractivity contribution in [3.63, 3.8) is 0 Å². The molecule has 0 aliphatic heterocycles. The van der Waals surface area contributed by atoms with Crippen LogP contribution in [0.2, 0.25) is 0 Å². The molecule has 1 heterocycles. The van der Waals surface area contributed by atoms with Gasteiger partial charge >= 0.3 is 0 Å². The number of aromatic nitrogens is 1. The van der Waals surface area contributed by atoms with Gasteiger partial charge in [0.15, 0.2) is 0 Å².